The molecule has 0 spiro atoms. The molecule has 44 valence electrons. The molecule has 0 saturated carbocycles. The lowest BCUT2D eigenvalue weighted by Gasteiger charge is -2.00. The van der Waals surface area contributed by atoms with E-state index < -0.39 is 6.42 Å². The molecule has 0 radical (unpaired) electrons. The van der Waals surface area contributed by atoms with Crippen molar-refractivity contribution in [1.82, 2.24) is 5.32 Å². The number of halogens is 1. The number of rotatable bonds is 3. The highest BCUT2D eigenvalue weighted by molar-refractivity contribution is 4.40. The SMILES string of the molecule is CCCNC(N)F. The van der Waals surface area contributed by atoms with Crippen LogP contribution in [0, 0.1) is 0 Å². The van der Waals surface area contributed by atoms with E-state index in [9.17, 15) is 4.39 Å². The second-order valence-electron chi connectivity index (χ2n) is 1.36. The largest absolute Gasteiger partial charge is 0.289 e. The average molecular weight is 106 g/mol. The number of alkyl halides is 1. The highest BCUT2D eigenvalue weighted by atomic mass is 19.1. The van der Waals surface area contributed by atoms with E-state index in [1.807, 2.05) is 6.92 Å². The van der Waals surface area contributed by atoms with Gasteiger partial charge in [0.15, 0.2) is 0 Å². The first-order valence-corrected chi connectivity index (χ1v) is 2.40. The molecule has 3 heteroatoms. The molecule has 0 aliphatic heterocycles. The maximum atomic E-state index is 11.6. The van der Waals surface area contributed by atoms with Crippen molar-refractivity contribution in [2.45, 2.75) is 19.8 Å². The van der Waals surface area contributed by atoms with Gasteiger partial charge in [0.05, 0.1) is 0 Å². The van der Waals surface area contributed by atoms with Crippen LogP contribution >= 0.6 is 0 Å². The Labute approximate surface area is 42.9 Å². The summed E-state index contributed by atoms with van der Waals surface area (Å²) in [4.78, 5) is 0. The van der Waals surface area contributed by atoms with Crippen molar-refractivity contribution in [3.8, 4) is 0 Å². The smallest absolute Gasteiger partial charge is 0.202 e. The van der Waals surface area contributed by atoms with Gasteiger partial charge in [-0.3, -0.25) is 11.1 Å². The quantitative estimate of drug-likeness (QED) is 0.398. The van der Waals surface area contributed by atoms with Crippen molar-refractivity contribution in [3.05, 3.63) is 0 Å². The van der Waals surface area contributed by atoms with Crippen LogP contribution in [0.25, 0.3) is 0 Å². The Morgan fingerprint density at radius 2 is 2.43 bits per heavy atom. The van der Waals surface area contributed by atoms with Crippen LogP contribution in [-0.4, -0.2) is 13.0 Å². The molecule has 0 saturated heterocycles. The van der Waals surface area contributed by atoms with Crippen LogP contribution in [0.2, 0.25) is 0 Å². The first-order chi connectivity index (χ1) is 3.27. The maximum absolute atomic E-state index is 11.6. The molecule has 0 fully saturated rings. The second-order valence-corrected chi connectivity index (χ2v) is 1.36. The van der Waals surface area contributed by atoms with Crippen LogP contribution in [-0.2, 0) is 0 Å². The third-order valence-electron chi connectivity index (χ3n) is 0.589. The van der Waals surface area contributed by atoms with Crippen LogP contribution < -0.4 is 11.1 Å². The molecule has 0 aromatic carbocycles. The lowest BCUT2D eigenvalue weighted by Crippen LogP contribution is -2.33. The average Bonchev–Trinajstić information content (AvgIpc) is 1.61. The van der Waals surface area contributed by atoms with Crippen LogP contribution in [0.4, 0.5) is 4.39 Å². The van der Waals surface area contributed by atoms with E-state index in [1.54, 1.807) is 0 Å². The summed E-state index contributed by atoms with van der Waals surface area (Å²) in [5.74, 6) is 0. The van der Waals surface area contributed by atoms with E-state index in [4.69, 9.17) is 5.73 Å². The zero-order chi connectivity index (χ0) is 5.70. The Kier molecular flexibility index (Phi) is 3.93. The van der Waals surface area contributed by atoms with Gasteiger partial charge in [0.25, 0.3) is 0 Å². The van der Waals surface area contributed by atoms with Crippen molar-refractivity contribution in [2.75, 3.05) is 6.54 Å². The number of nitrogens with two attached hydrogens (primary N) is 1. The fraction of sp³-hybridized carbons (Fsp3) is 1.00. The molecule has 3 N–H and O–H groups in total. The second kappa shape index (κ2) is 4.02. The van der Waals surface area contributed by atoms with Gasteiger partial charge in [-0.05, 0) is 13.0 Å². The summed E-state index contributed by atoms with van der Waals surface area (Å²) in [5, 5.41) is 2.41. The summed E-state index contributed by atoms with van der Waals surface area (Å²) >= 11 is 0. The number of nitrogens with one attached hydrogen (secondary N) is 1. The van der Waals surface area contributed by atoms with Crippen LogP contribution in [0.3, 0.4) is 0 Å². The molecule has 0 aromatic heterocycles. The van der Waals surface area contributed by atoms with Crippen molar-refractivity contribution >= 4 is 0 Å². The first-order valence-electron chi connectivity index (χ1n) is 2.40. The Morgan fingerprint density at radius 1 is 1.86 bits per heavy atom. The molecule has 1 unspecified atom stereocenters. The van der Waals surface area contributed by atoms with Gasteiger partial charge in [-0.25, -0.2) is 4.39 Å². The van der Waals surface area contributed by atoms with E-state index in [0.717, 1.165) is 6.42 Å². The molecular weight excluding hydrogens is 95.1 g/mol. The van der Waals surface area contributed by atoms with Crippen LogP contribution in [0.15, 0.2) is 0 Å². The molecule has 0 rings (SSSR count). The van der Waals surface area contributed by atoms with E-state index in [2.05, 4.69) is 5.32 Å². The van der Waals surface area contributed by atoms with Crippen LogP contribution in [0.5, 0.6) is 0 Å². The molecule has 0 aliphatic carbocycles. The Balaban J connectivity index is 2.68. The lowest BCUT2D eigenvalue weighted by molar-refractivity contribution is 0.283. The van der Waals surface area contributed by atoms with Crippen molar-refractivity contribution in [1.29, 1.82) is 0 Å². The van der Waals surface area contributed by atoms with Crippen molar-refractivity contribution in [2.24, 2.45) is 5.73 Å². The summed E-state index contributed by atoms with van der Waals surface area (Å²) in [6, 6.07) is 0. The lowest BCUT2D eigenvalue weighted by atomic mass is 10.5. The molecule has 0 heterocycles. The maximum Gasteiger partial charge on any atom is 0.202 e. The molecule has 0 bridgehead atoms. The summed E-state index contributed by atoms with van der Waals surface area (Å²) in [5.41, 5.74) is 4.70. The molecule has 1 atom stereocenters. The van der Waals surface area contributed by atoms with Crippen molar-refractivity contribution in [3.63, 3.8) is 0 Å². The number of hydrogen-bond acceptors (Lipinski definition) is 2. The van der Waals surface area contributed by atoms with E-state index >= 15 is 0 Å². The fourth-order valence-corrected chi connectivity index (χ4v) is 0.282. The van der Waals surface area contributed by atoms with Gasteiger partial charge >= 0.3 is 0 Å². The molecule has 0 aromatic rings. The molecular formula is C4H11FN2. The third-order valence-corrected chi connectivity index (χ3v) is 0.589. The van der Waals surface area contributed by atoms with Crippen LogP contribution in [0.1, 0.15) is 13.3 Å². The highest BCUT2D eigenvalue weighted by Gasteiger charge is 1.89. The van der Waals surface area contributed by atoms with Gasteiger partial charge < -0.3 is 0 Å². The zero-order valence-corrected chi connectivity index (χ0v) is 4.45. The van der Waals surface area contributed by atoms with E-state index in [1.165, 1.54) is 0 Å². The first kappa shape index (κ1) is 6.85. The van der Waals surface area contributed by atoms with Gasteiger partial charge in [0, 0.05) is 0 Å². The Hall–Kier alpha value is -0.150. The molecule has 0 amide bonds. The summed E-state index contributed by atoms with van der Waals surface area (Å²) in [6.45, 7) is 2.60. The third kappa shape index (κ3) is 5.85. The summed E-state index contributed by atoms with van der Waals surface area (Å²) < 4.78 is 11.6. The summed E-state index contributed by atoms with van der Waals surface area (Å²) in [7, 11) is 0. The van der Waals surface area contributed by atoms with Gasteiger partial charge in [0.2, 0.25) is 6.42 Å². The Bertz CT molecular complexity index is 38.7. The minimum atomic E-state index is -1.35. The predicted molar refractivity (Wildman–Crippen MR) is 27.4 cm³/mol. The fourth-order valence-electron chi connectivity index (χ4n) is 0.282. The molecule has 7 heavy (non-hydrogen) atoms. The van der Waals surface area contributed by atoms with Gasteiger partial charge in [-0.15, -0.1) is 0 Å². The minimum absolute atomic E-state index is 0.650. The monoisotopic (exact) mass is 106 g/mol. The molecule has 0 aliphatic rings. The molecule has 2 nitrogen and oxygen atoms in total. The minimum Gasteiger partial charge on any atom is -0.289 e. The van der Waals surface area contributed by atoms with E-state index in [-0.39, 0.29) is 0 Å². The standard InChI is InChI=1S/C4H11FN2/c1-2-3-7-4(5)6/h4,7H,2-3,6H2,1H3. The van der Waals surface area contributed by atoms with Gasteiger partial charge in [0.1, 0.15) is 0 Å². The normalized spacial score (nSPS) is 14.1. The van der Waals surface area contributed by atoms with Crippen molar-refractivity contribution < 1.29 is 4.39 Å². The van der Waals surface area contributed by atoms with E-state index in [0.29, 0.717) is 6.54 Å². The predicted octanol–water partition coefficient (Wildman–Crippen LogP) is 0.198. The Morgan fingerprint density at radius 3 is 2.57 bits per heavy atom. The van der Waals surface area contributed by atoms with Gasteiger partial charge in [-0.1, -0.05) is 6.92 Å². The summed E-state index contributed by atoms with van der Waals surface area (Å²) in [6.07, 6.45) is -0.433. The number of hydrogen-bond donors (Lipinski definition) is 2. The zero-order valence-electron chi connectivity index (χ0n) is 4.45. The van der Waals surface area contributed by atoms with Gasteiger partial charge in [-0.2, -0.15) is 0 Å². The highest BCUT2D eigenvalue weighted by Crippen LogP contribution is 1.72. The topological polar surface area (TPSA) is 38.0 Å².